The monoisotopic (exact) mass is 356 g/mol. The average Bonchev–Trinajstić information content (AvgIpc) is 3.41. The molecule has 25 heavy (non-hydrogen) atoms. The van der Waals surface area contributed by atoms with E-state index in [4.69, 9.17) is 0 Å². The van der Waals surface area contributed by atoms with Gasteiger partial charge in [0.1, 0.15) is 5.01 Å². The predicted octanol–water partition coefficient (Wildman–Crippen LogP) is 1.83. The highest BCUT2D eigenvalue weighted by Gasteiger charge is 2.35. The van der Waals surface area contributed by atoms with E-state index in [1.54, 1.807) is 6.20 Å². The number of rotatable bonds is 4. The highest BCUT2D eigenvalue weighted by Crippen LogP contribution is 2.31. The highest BCUT2D eigenvalue weighted by molar-refractivity contribution is 7.13. The molecule has 1 aliphatic carbocycles. The number of carbonyl (C=O) groups excluding carboxylic acids is 2. The Labute approximate surface area is 150 Å². The minimum Gasteiger partial charge on any atom is -0.339 e. The number of thiazole rings is 1. The summed E-state index contributed by atoms with van der Waals surface area (Å²) in [5, 5.41) is 2.76. The Hall–Kier alpha value is -2.28. The number of carbonyl (C=O) groups is 2. The molecule has 7 heteroatoms. The third-order valence-electron chi connectivity index (χ3n) is 4.64. The van der Waals surface area contributed by atoms with Crippen molar-refractivity contribution in [3.63, 3.8) is 0 Å². The van der Waals surface area contributed by atoms with Crippen molar-refractivity contribution in [2.24, 2.45) is 5.92 Å². The van der Waals surface area contributed by atoms with Crippen molar-refractivity contribution in [3.05, 3.63) is 35.5 Å². The van der Waals surface area contributed by atoms with Crippen LogP contribution in [0.4, 0.5) is 0 Å². The van der Waals surface area contributed by atoms with Gasteiger partial charge in [0.2, 0.25) is 11.8 Å². The summed E-state index contributed by atoms with van der Waals surface area (Å²) in [6, 6.07) is 5.71. The zero-order chi connectivity index (χ0) is 17.2. The summed E-state index contributed by atoms with van der Waals surface area (Å²) in [7, 11) is 0. The number of aromatic nitrogens is 2. The predicted molar refractivity (Wildman–Crippen MR) is 94.9 cm³/mol. The minimum absolute atomic E-state index is 0.0800. The zero-order valence-electron chi connectivity index (χ0n) is 13.9. The fraction of sp³-hybridized carbons (Fsp3) is 0.444. The molecular weight excluding hydrogens is 336 g/mol. The van der Waals surface area contributed by atoms with Crippen LogP contribution in [0.2, 0.25) is 0 Å². The number of pyridine rings is 1. The lowest BCUT2D eigenvalue weighted by Crippen LogP contribution is -2.51. The van der Waals surface area contributed by atoms with Gasteiger partial charge >= 0.3 is 0 Å². The molecule has 2 aromatic heterocycles. The molecule has 0 unspecified atom stereocenters. The van der Waals surface area contributed by atoms with E-state index < -0.39 is 0 Å². The summed E-state index contributed by atoms with van der Waals surface area (Å²) in [5.74, 6) is 0.602. The molecule has 130 valence electrons. The average molecular weight is 356 g/mol. The lowest BCUT2D eigenvalue weighted by molar-refractivity contribution is -0.140. The van der Waals surface area contributed by atoms with Crippen LogP contribution in [0.3, 0.4) is 0 Å². The summed E-state index contributed by atoms with van der Waals surface area (Å²) >= 11 is 1.51. The van der Waals surface area contributed by atoms with Gasteiger partial charge in [-0.05, 0) is 25.0 Å². The van der Waals surface area contributed by atoms with E-state index in [0.717, 1.165) is 29.2 Å². The number of hydrogen-bond donors (Lipinski definition) is 0. The first-order valence-electron chi connectivity index (χ1n) is 8.63. The van der Waals surface area contributed by atoms with E-state index in [1.165, 1.54) is 11.3 Å². The third-order valence-corrected chi connectivity index (χ3v) is 5.55. The Balaban J connectivity index is 1.32. The minimum atomic E-state index is 0.0800. The number of piperazine rings is 1. The lowest BCUT2D eigenvalue weighted by atomic mass is 10.2. The second kappa shape index (κ2) is 6.92. The van der Waals surface area contributed by atoms with Crippen molar-refractivity contribution >= 4 is 23.2 Å². The Bertz CT molecular complexity index is 764. The van der Waals surface area contributed by atoms with Crippen LogP contribution in [0.1, 0.15) is 18.5 Å². The Morgan fingerprint density at radius 2 is 1.88 bits per heavy atom. The maximum absolute atomic E-state index is 12.5. The molecule has 1 saturated heterocycles. The lowest BCUT2D eigenvalue weighted by Gasteiger charge is -2.34. The van der Waals surface area contributed by atoms with Crippen LogP contribution in [0, 0.1) is 5.92 Å². The smallest absolute Gasteiger partial charge is 0.228 e. The molecule has 0 spiro atoms. The van der Waals surface area contributed by atoms with Crippen LogP contribution >= 0.6 is 11.3 Å². The largest absolute Gasteiger partial charge is 0.339 e. The fourth-order valence-electron chi connectivity index (χ4n) is 3.03. The molecule has 0 atom stereocenters. The van der Waals surface area contributed by atoms with Crippen LogP contribution in [-0.2, 0) is 16.0 Å². The molecular formula is C18H20N4O2S. The maximum atomic E-state index is 12.5. The van der Waals surface area contributed by atoms with Gasteiger partial charge in [0.05, 0.1) is 17.8 Å². The molecule has 2 amide bonds. The first-order valence-corrected chi connectivity index (χ1v) is 9.51. The van der Waals surface area contributed by atoms with Crippen molar-refractivity contribution in [2.75, 3.05) is 26.2 Å². The van der Waals surface area contributed by atoms with Crippen LogP contribution in [0.25, 0.3) is 10.7 Å². The first-order chi connectivity index (χ1) is 12.2. The Morgan fingerprint density at radius 1 is 1.12 bits per heavy atom. The van der Waals surface area contributed by atoms with Crippen molar-refractivity contribution in [3.8, 4) is 10.7 Å². The molecule has 0 bridgehead atoms. The normalized spacial score (nSPS) is 17.6. The second-order valence-corrected chi connectivity index (χ2v) is 7.37. The highest BCUT2D eigenvalue weighted by atomic mass is 32.1. The molecule has 2 aliphatic rings. The molecule has 0 N–H and O–H groups in total. The van der Waals surface area contributed by atoms with E-state index in [9.17, 15) is 9.59 Å². The van der Waals surface area contributed by atoms with Crippen LogP contribution in [0.5, 0.6) is 0 Å². The molecule has 2 fully saturated rings. The van der Waals surface area contributed by atoms with Gasteiger partial charge in [0.25, 0.3) is 0 Å². The zero-order valence-corrected chi connectivity index (χ0v) is 14.7. The molecule has 1 saturated carbocycles. The first kappa shape index (κ1) is 16.2. The van der Waals surface area contributed by atoms with Crippen LogP contribution in [-0.4, -0.2) is 57.8 Å². The summed E-state index contributed by atoms with van der Waals surface area (Å²) < 4.78 is 0. The van der Waals surface area contributed by atoms with Gasteiger partial charge in [-0.15, -0.1) is 11.3 Å². The number of hydrogen-bond acceptors (Lipinski definition) is 5. The van der Waals surface area contributed by atoms with Crippen LogP contribution < -0.4 is 0 Å². The molecule has 4 rings (SSSR count). The maximum Gasteiger partial charge on any atom is 0.228 e. The SMILES string of the molecule is O=C(Cc1csc(-c2ccccn2)n1)N1CCN(C(=O)C2CC2)CC1. The van der Waals surface area contributed by atoms with Gasteiger partial charge in [-0.2, -0.15) is 0 Å². The molecule has 0 radical (unpaired) electrons. The summed E-state index contributed by atoms with van der Waals surface area (Å²) in [5.41, 5.74) is 1.62. The van der Waals surface area contributed by atoms with Gasteiger partial charge in [-0.3, -0.25) is 14.6 Å². The van der Waals surface area contributed by atoms with Crippen molar-refractivity contribution in [1.29, 1.82) is 0 Å². The number of nitrogens with zero attached hydrogens (tertiary/aromatic N) is 4. The Kier molecular flexibility index (Phi) is 4.48. The van der Waals surface area contributed by atoms with E-state index >= 15 is 0 Å². The molecule has 1 aliphatic heterocycles. The molecule has 2 aromatic rings. The van der Waals surface area contributed by atoms with Gasteiger partial charge in [-0.1, -0.05) is 6.07 Å². The van der Waals surface area contributed by atoms with Gasteiger partial charge in [-0.25, -0.2) is 4.98 Å². The summed E-state index contributed by atoms with van der Waals surface area (Å²) in [4.78, 5) is 37.2. The van der Waals surface area contributed by atoms with Crippen molar-refractivity contribution in [2.45, 2.75) is 19.3 Å². The van der Waals surface area contributed by atoms with Crippen LogP contribution in [0.15, 0.2) is 29.8 Å². The topological polar surface area (TPSA) is 66.4 Å². The van der Waals surface area contributed by atoms with Gasteiger partial charge < -0.3 is 9.80 Å². The van der Waals surface area contributed by atoms with E-state index in [-0.39, 0.29) is 17.7 Å². The van der Waals surface area contributed by atoms with Crippen molar-refractivity contribution in [1.82, 2.24) is 19.8 Å². The van der Waals surface area contributed by atoms with E-state index in [2.05, 4.69) is 9.97 Å². The summed E-state index contributed by atoms with van der Waals surface area (Å²) in [6.07, 6.45) is 4.10. The Morgan fingerprint density at radius 3 is 2.56 bits per heavy atom. The standard InChI is InChI=1S/C18H20N4O2S/c23-16(21-7-9-22(10-8-21)18(24)13-4-5-13)11-14-12-25-17(20-14)15-3-1-2-6-19-15/h1-3,6,12-13H,4-5,7-11H2. The third kappa shape index (κ3) is 3.71. The molecule has 6 nitrogen and oxygen atoms in total. The van der Waals surface area contributed by atoms with Gasteiger partial charge in [0.15, 0.2) is 0 Å². The van der Waals surface area contributed by atoms with Gasteiger partial charge in [0, 0.05) is 43.7 Å². The summed E-state index contributed by atoms with van der Waals surface area (Å²) in [6.45, 7) is 2.54. The van der Waals surface area contributed by atoms with Crippen molar-refractivity contribution < 1.29 is 9.59 Å². The molecule has 3 heterocycles. The van der Waals surface area contributed by atoms with E-state index in [0.29, 0.717) is 32.6 Å². The van der Waals surface area contributed by atoms with E-state index in [1.807, 2.05) is 33.4 Å². The quantitative estimate of drug-likeness (QED) is 0.838. The molecule has 0 aromatic carbocycles. The number of amides is 2. The fourth-order valence-corrected chi connectivity index (χ4v) is 3.82. The second-order valence-electron chi connectivity index (χ2n) is 6.52.